The van der Waals surface area contributed by atoms with Crippen molar-refractivity contribution in [2.45, 2.75) is 27.3 Å². The number of nitrogens with one attached hydrogen (secondary N) is 1. The number of carbonyl (C=O) groups is 1. The van der Waals surface area contributed by atoms with Gasteiger partial charge in [0.15, 0.2) is 5.69 Å². The molecule has 0 bridgehead atoms. The number of amides is 1. The van der Waals surface area contributed by atoms with E-state index in [0.29, 0.717) is 28.8 Å². The van der Waals surface area contributed by atoms with Crippen LogP contribution in [0.4, 0.5) is 5.69 Å². The van der Waals surface area contributed by atoms with Gasteiger partial charge in [0.25, 0.3) is 11.5 Å². The largest absolute Gasteiger partial charge is 0.495 e. The third kappa shape index (κ3) is 3.84. The number of ether oxygens (including phenoxy) is 1. The molecule has 0 saturated carbocycles. The molecule has 6 heteroatoms. The summed E-state index contributed by atoms with van der Waals surface area (Å²) in [5.41, 5.74) is 1.59. The van der Waals surface area contributed by atoms with Gasteiger partial charge in [0.05, 0.1) is 18.2 Å². The van der Waals surface area contributed by atoms with Gasteiger partial charge in [0, 0.05) is 11.9 Å². The molecule has 0 aliphatic rings. The Labute approximate surface area is 157 Å². The van der Waals surface area contributed by atoms with Crippen molar-refractivity contribution in [3.63, 3.8) is 0 Å². The fraction of sp³-hybridized carbons (Fsp3) is 0.286. The Kier molecular flexibility index (Phi) is 5.26. The van der Waals surface area contributed by atoms with E-state index in [2.05, 4.69) is 10.4 Å². The van der Waals surface area contributed by atoms with Crippen LogP contribution in [0.15, 0.2) is 47.3 Å². The van der Waals surface area contributed by atoms with Gasteiger partial charge >= 0.3 is 0 Å². The summed E-state index contributed by atoms with van der Waals surface area (Å²) in [6.07, 6.45) is 0. The molecule has 0 aliphatic carbocycles. The smallest absolute Gasteiger partial charge is 0.276 e. The van der Waals surface area contributed by atoms with Gasteiger partial charge in [-0.2, -0.15) is 5.10 Å². The molecule has 1 aromatic heterocycles. The van der Waals surface area contributed by atoms with Gasteiger partial charge in [0.2, 0.25) is 0 Å². The summed E-state index contributed by atoms with van der Waals surface area (Å²) >= 11 is 0. The number of anilines is 1. The first-order valence-electron chi connectivity index (χ1n) is 8.86. The average molecular weight is 365 g/mol. The third-order valence-electron chi connectivity index (χ3n) is 4.22. The second-order valence-electron chi connectivity index (χ2n) is 6.93. The minimum absolute atomic E-state index is 0.191. The fourth-order valence-corrected chi connectivity index (χ4v) is 2.97. The zero-order valence-corrected chi connectivity index (χ0v) is 15.9. The molecule has 140 valence electrons. The lowest BCUT2D eigenvalue weighted by Crippen LogP contribution is -2.29. The summed E-state index contributed by atoms with van der Waals surface area (Å²) in [6, 6.07) is 12.6. The minimum Gasteiger partial charge on any atom is -0.495 e. The van der Waals surface area contributed by atoms with Crippen LogP contribution in [0.25, 0.3) is 10.8 Å². The molecule has 1 heterocycles. The molecule has 0 atom stereocenters. The average Bonchev–Trinajstić information content (AvgIpc) is 2.64. The predicted molar refractivity (Wildman–Crippen MR) is 107 cm³/mol. The summed E-state index contributed by atoms with van der Waals surface area (Å²) in [5.74, 6) is 0.408. The lowest BCUT2D eigenvalue weighted by molar-refractivity contribution is 0.102. The molecular formula is C21H23N3O3. The molecule has 0 aliphatic heterocycles. The Bertz CT molecular complexity index is 1050. The van der Waals surface area contributed by atoms with Crippen molar-refractivity contribution < 1.29 is 9.53 Å². The van der Waals surface area contributed by atoms with E-state index in [1.165, 1.54) is 4.68 Å². The maximum atomic E-state index is 13.0. The van der Waals surface area contributed by atoms with Crippen LogP contribution < -0.4 is 15.6 Å². The number of aryl methyl sites for hydroxylation is 1. The van der Waals surface area contributed by atoms with Crippen LogP contribution in [0.2, 0.25) is 0 Å². The van der Waals surface area contributed by atoms with Gasteiger partial charge in [-0.15, -0.1) is 0 Å². The lowest BCUT2D eigenvalue weighted by atomic mass is 10.1. The summed E-state index contributed by atoms with van der Waals surface area (Å²) < 4.78 is 6.70. The maximum absolute atomic E-state index is 13.0. The number of benzene rings is 2. The van der Waals surface area contributed by atoms with Crippen LogP contribution in [0.1, 0.15) is 29.9 Å². The first-order chi connectivity index (χ1) is 12.9. The number of hydrogen-bond acceptors (Lipinski definition) is 4. The monoisotopic (exact) mass is 365 g/mol. The first kappa shape index (κ1) is 18.6. The molecule has 3 rings (SSSR count). The van der Waals surface area contributed by atoms with Gasteiger partial charge in [-0.25, -0.2) is 4.68 Å². The van der Waals surface area contributed by atoms with E-state index >= 15 is 0 Å². The van der Waals surface area contributed by atoms with Gasteiger partial charge in [-0.05, 0) is 36.6 Å². The number of aromatic nitrogens is 2. The SMILES string of the molecule is COc1ccc(C)cc1NC(=O)c1nn(CC(C)C)c(=O)c2ccccc12. The van der Waals surface area contributed by atoms with E-state index in [4.69, 9.17) is 4.74 Å². The van der Waals surface area contributed by atoms with Gasteiger partial charge < -0.3 is 10.1 Å². The zero-order valence-electron chi connectivity index (χ0n) is 15.9. The van der Waals surface area contributed by atoms with E-state index in [1.54, 1.807) is 37.4 Å². The Morgan fingerprint density at radius 2 is 1.89 bits per heavy atom. The van der Waals surface area contributed by atoms with Crippen LogP contribution >= 0.6 is 0 Å². The summed E-state index contributed by atoms with van der Waals surface area (Å²) in [5, 5.41) is 8.25. The van der Waals surface area contributed by atoms with Crippen molar-refractivity contribution in [1.82, 2.24) is 9.78 Å². The topological polar surface area (TPSA) is 73.2 Å². The summed E-state index contributed by atoms with van der Waals surface area (Å²) in [6.45, 7) is 6.38. The molecule has 3 aromatic rings. The quantitative estimate of drug-likeness (QED) is 0.749. The molecule has 1 amide bonds. The molecule has 0 saturated heterocycles. The zero-order chi connectivity index (χ0) is 19.6. The molecule has 1 N–H and O–H groups in total. The molecule has 6 nitrogen and oxygen atoms in total. The normalized spacial score (nSPS) is 11.0. The number of hydrogen-bond donors (Lipinski definition) is 1. The van der Waals surface area contributed by atoms with Gasteiger partial charge in [-0.3, -0.25) is 9.59 Å². The van der Waals surface area contributed by atoms with E-state index in [9.17, 15) is 9.59 Å². The first-order valence-corrected chi connectivity index (χ1v) is 8.86. The molecule has 0 radical (unpaired) electrons. The standard InChI is InChI=1S/C21H23N3O3/c1-13(2)12-24-21(26)16-8-6-5-7-15(16)19(23-24)20(25)22-17-11-14(3)9-10-18(17)27-4/h5-11,13H,12H2,1-4H3,(H,22,25). The fourth-order valence-electron chi connectivity index (χ4n) is 2.97. The molecule has 27 heavy (non-hydrogen) atoms. The maximum Gasteiger partial charge on any atom is 0.276 e. The molecule has 2 aromatic carbocycles. The number of carbonyl (C=O) groups excluding carboxylic acids is 1. The minimum atomic E-state index is -0.382. The number of rotatable bonds is 5. The highest BCUT2D eigenvalue weighted by Crippen LogP contribution is 2.26. The van der Waals surface area contributed by atoms with E-state index in [1.807, 2.05) is 32.9 Å². The van der Waals surface area contributed by atoms with Crippen molar-refractivity contribution in [2.24, 2.45) is 5.92 Å². The van der Waals surface area contributed by atoms with E-state index in [-0.39, 0.29) is 23.1 Å². The number of fused-ring (bicyclic) bond motifs is 1. The molecule has 0 fully saturated rings. The Morgan fingerprint density at radius 3 is 2.56 bits per heavy atom. The highest BCUT2D eigenvalue weighted by molar-refractivity contribution is 6.11. The van der Waals surface area contributed by atoms with Crippen molar-refractivity contribution in [3.8, 4) is 5.75 Å². The van der Waals surface area contributed by atoms with Crippen molar-refractivity contribution in [2.75, 3.05) is 12.4 Å². The highest BCUT2D eigenvalue weighted by atomic mass is 16.5. The predicted octanol–water partition coefficient (Wildman–Crippen LogP) is 3.62. The Balaban J connectivity index is 2.10. The van der Waals surface area contributed by atoms with Crippen molar-refractivity contribution in [1.29, 1.82) is 0 Å². The molecule has 0 spiro atoms. The van der Waals surface area contributed by atoms with E-state index < -0.39 is 0 Å². The highest BCUT2D eigenvalue weighted by Gasteiger charge is 2.18. The van der Waals surface area contributed by atoms with Crippen molar-refractivity contribution >= 4 is 22.4 Å². The van der Waals surface area contributed by atoms with Gasteiger partial charge in [-0.1, -0.05) is 38.1 Å². The van der Waals surface area contributed by atoms with Crippen LogP contribution in [-0.4, -0.2) is 22.8 Å². The van der Waals surface area contributed by atoms with Crippen molar-refractivity contribution in [3.05, 3.63) is 64.1 Å². The van der Waals surface area contributed by atoms with Crippen LogP contribution in [0.5, 0.6) is 5.75 Å². The van der Waals surface area contributed by atoms with Crippen LogP contribution in [0.3, 0.4) is 0 Å². The second kappa shape index (κ2) is 7.61. The summed E-state index contributed by atoms with van der Waals surface area (Å²) in [4.78, 5) is 25.7. The Morgan fingerprint density at radius 1 is 1.19 bits per heavy atom. The van der Waals surface area contributed by atoms with Crippen LogP contribution in [-0.2, 0) is 6.54 Å². The second-order valence-corrected chi connectivity index (χ2v) is 6.93. The molecule has 0 unspecified atom stereocenters. The van der Waals surface area contributed by atoms with Crippen LogP contribution in [0, 0.1) is 12.8 Å². The number of methoxy groups -OCH3 is 1. The third-order valence-corrected chi connectivity index (χ3v) is 4.22. The van der Waals surface area contributed by atoms with Gasteiger partial charge in [0.1, 0.15) is 5.75 Å². The number of nitrogens with zero attached hydrogens (tertiary/aromatic N) is 2. The molecular weight excluding hydrogens is 342 g/mol. The summed E-state index contributed by atoms with van der Waals surface area (Å²) in [7, 11) is 1.55. The Hall–Kier alpha value is -3.15. The van der Waals surface area contributed by atoms with E-state index in [0.717, 1.165) is 5.56 Å². The lowest BCUT2D eigenvalue weighted by Gasteiger charge is -2.14.